The van der Waals surface area contributed by atoms with Crippen molar-refractivity contribution in [1.82, 2.24) is 20.3 Å². The van der Waals surface area contributed by atoms with E-state index in [1.54, 1.807) is 37.5 Å². The number of rotatable bonds is 11. The minimum atomic E-state index is -5.08. The van der Waals surface area contributed by atoms with Crippen molar-refractivity contribution in [2.24, 2.45) is 0 Å². The highest BCUT2D eigenvalue weighted by atomic mass is 19.4. The molecule has 2 aromatic carbocycles. The number of ketones is 1. The molecule has 0 aliphatic rings. The van der Waals surface area contributed by atoms with Gasteiger partial charge in [-0.25, -0.2) is 9.78 Å². The Morgan fingerprint density at radius 3 is 2.41 bits per heavy atom. The van der Waals surface area contributed by atoms with Gasteiger partial charge in [-0.1, -0.05) is 43.2 Å². The van der Waals surface area contributed by atoms with E-state index in [0.29, 0.717) is 6.42 Å². The van der Waals surface area contributed by atoms with Crippen LogP contribution in [0, 0.1) is 0 Å². The average molecular weight is 573 g/mol. The fraction of sp³-hybridized carbons (Fsp3) is 0.310. The molecule has 1 amide bonds. The molecule has 1 atom stereocenters. The van der Waals surface area contributed by atoms with Crippen LogP contribution in [0.1, 0.15) is 56.5 Å². The molecule has 4 aromatic rings. The van der Waals surface area contributed by atoms with Gasteiger partial charge in [0.05, 0.1) is 24.4 Å². The van der Waals surface area contributed by atoms with Crippen LogP contribution in [0.2, 0.25) is 0 Å². The summed E-state index contributed by atoms with van der Waals surface area (Å²) >= 11 is 0. The van der Waals surface area contributed by atoms with E-state index in [1.807, 2.05) is 30.3 Å². The molecule has 9 nitrogen and oxygen atoms in total. The highest BCUT2D eigenvalue weighted by Crippen LogP contribution is 2.25. The molecule has 2 aromatic heterocycles. The molecule has 218 valence electrons. The molecule has 0 fully saturated rings. The fourth-order valence-electron chi connectivity index (χ4n) is 4.19. The van der Waals surface area contributed by atoms with Crippen molar-refractivity contribution in [2.45, 2.75) is 57.7 Å². The number of phenols is 1. The summed E-state index contributed by atoms with van der Waals surface area (Å²) in [6.07, 6.45) is 2.66. The summed E-state index contributed by atoms with van der Waals surface area (Å²) in [5.74, 6) is -1.78. The minimum absolute atomic E-state index is 0.115. The van der Waals surface area contributed by atoms with E-state index in [9.17, 15) is 27.9 Å². The lowest BCUT2D eigenvalue weighted by atomic mass is 10.0. The molecule has 5 N–H and O–H groups in total. The number of aromatic nitrogens is 3. The first-order chi connectivity index (χ1) is 19.4. The summed E-state index contributed by atoms with van der Waals surface area (Å²) < 4.78 is 31.7. The summed E-state index contributed by atoms with van der Waals surface area (Å²) in [5.41, 5.74) is 3.64. The second kappa shape index (κ2) is 14.1. The van der Waals surface area contributed by atoms with Gasteiger partial charge >= 0.3 is 12.1 Å². The van der Waals surface area contributed by atoms with E-state index < -0.39 is 12.1 Å². The Hall–Kier alpha value is -4.61. The second-order valence-electron chi connectivity index (χ2n) is 9.49. The number of phenolic OH excluding ortho intramolecular Hbond substituents is 1. The van der Waals surface area contributed by atoms with Gasteiger partial charge in [0.15, 0.2) is 0 Å². The maximum Gasteiger partial charge on any atom is 0.490 e. The van der Waals surface area contributed by atoms with Gasteiger partial charge < -0.3 is 30.3 Å². The quantitative estimate of drug-likeness (QED) is 0.143. The lowest BCUT2D eigenvalue weighted by Crippen LogP contribution is -2.30. The number of aliphatic carboxylic acids is 1. The molecule has 0 saturated heterocycles. The number of fused-ring (bicyclic) bond motifs is 1. The summed E-state index contributed by atoms with van der Waals surface area (Å²) in [6, 6.07) is 14.8. The molecule has 41 heavy (non-hydrogen) atoms. The number of carboxylic acid groups (broad SMARTS) is 1. The van der Waals surface area contributed by atoms with Gasteiger partial charge in [-0.05, 0) is 49.1 Å². The van der Waals surface area contributed by atoms with Gasteiger partial charge in [-0.3, -0.25) is 4.79 Å². The number of hydrogen-bond donors (Lipinski definition) is 5. The molecular weight excluding hydrogens is 541 g/mol. The Bertz CT molecular complexity index is 1460. The van der Waals surface area contributed by atoms with Gasteiger partial charge in [-0.15, -0.1) is 0 Å². The smallest absolute Gasteiger partial charge is 0.490 e. The number of nitrogens with one attached hydrogen (secondary N) is 3. The first-order valence-corrected chi connectivity index (χ1v) is 12.9. The standard InChI is InChI=1S/C27H30N4O3.C2HF3O2/c1-18(32)8-4-2-7-11-24(27-29-17-25(31-27)19-9-5-3-6-10-19)30-26(34)14-20-16-28-23-13-12-21(33)15-22(20)23;3-2(4,5)1(6)7/h3,5-6,9-10,12-13,15-17,24,28,33H,2,4,7-8,11,14H2,1H3,(H,29,31)(H,30,34);(H,6,7)/t24-;/m0./s1. The maximum absolute atomic E-state index is 13.0. The van der Waals surface area contributed by atoms with E-state index in [4.69, 9.17) is 9.90 Å². The summed E-state index contributed by atoms with van der Waals surface area (Å²) in [6.45, 7) is 1.61. The lowest BCUT2D eigenvalue weighted by molar-refractivity contribution is -0.192. The molecule has 4 rings (SSSR count). The van der Waals surface area contributed by atoms with Crippen LogP contribution < -0.4 is 5.32 Å². The Labute approximate surface area is 233 Å². The van der Waals surface area contributed by atoms with Crippen LogP contribution in [0.3, 0.4) is 0 Å². The lowest BCUT2D eigenvalue weighted by Gasteiger charge is -2.17. The number of benzene rings is 2. The Morgan fingerprint density at radius 1 is 1.05 bits per heavy atom. The van der Waals surface area contributed by atoms with Crippen molar-refractivity contribution in [3.63, 3.8) is 0 Å². The van der Waals surface area contributed by atoms with E-state index in [-0.39, 0.29) is 29.9 Å². The number of halogens is 3. The van der Waals surface area contributed by atoms with E-state index >= 15 is 0 Å². The van der Waals surface area contributed by atoms with Gasteiger partial charge in [0.1, 0.15) is 17.4 Å². The number of nitrogens with zero attached hydrogens (tertiary/aromatic N) is 1. The highest BCUT2D eigenvalue weighted by molar-refractivity contribution is 5.89. The van der Waals surface area contributed by atoms with Crippen LogP contribution in [0.4, 0.5) is 13.2 Å². The molecule has 0 aliphatic heterocycles. The molecular formula is C29H31F3N4O5. The number of unbranched alkanes of at least 4 members (excludes halogenated alkanes) is 2. The van der Waals surface area contributed by atoms with Crippen LogP contribution in [0.25, 0.3) is 22.2 Å². The number of hydrogen-bond acceptors (Lipinski definition) is 5. The van der Waals surface area contributed by atoms with E-state index in [0.717, 1.165) is 59.2 Å². The second-order valence-corrected chi connectivity index (χ2v) is 9.49. The largest absolute Gasteiger partial charge is 0.508 e. The molecule has 0 radical (unpaired) electrons. The van der Waals surface area contributed by atoms with Gasteiger partial charge in [-0.2, -0.15) is 13.2 Å². The maximum atomic E-state index is 13.0. The molecule has 0 unspecified atom stereocenters. The number of carbonyl (C=O) groups is 3. The monoisotopic (exact) mass is 572 g/mol. The van der Waals surface area contributed by atoms with Gasteiger partial charge in [0.2, 0.25) is 5.91 Å². The van der Waals surface area contributed by atoms with Crippen molar-refractivity contribution in [2.75, 3.05) is 0 Å². The highest BCUT2D eigenvalue weighted by Gasteiger charge is 2.38. The fourth-order valence-corrected chi connectivity index (χ4v) is 4.19. The van der Waals surface area contributed by atoms with Crippen molar-refractivity contribution in [1.29, 1.82) is 0 Å². The van der Waals surface area contributed by atoms with Gasteiger partial charge in [0.25, 0.3) is 0 Å². The van der Waals surface area contributed by atoms with Crippen molar-refractivity contribution >= 4 is 28.6 Å². The number of aromatic hydroxyl groups is 1. The molecule has 2 heterocycles. The number of Topliss-reactive ketones (excluding diaryl/α,β-unsaturated/α-hetero) is 1. The Morgan fingerprint density at radius 2 is 1.76 bits per heavy atom. The third-order valence-corrected chi connectivity index (χ3v) is 6.21. The number of carbonyl (C=O) groups excluding carboxylic acids is 2. The normalized spacial score (nSPS) is 11.9. The molecule has 0 spiro atoms. The number of H-pyrrole nitrogens is 2. The Balaban J connectivity index is 0.000000587. The van der Waals surface area contributed by atoms with Crippen molar-refractivity contribution in [3.8, 4) is 17.0 Å². The van der Waals surface area contributed by atoms with Crippen LogP contribution in [0.15, 0.2) is 60.9 Å². The Kier molecular flexibility index (Phi) is 10.7. The minimum Gasteiger partial charge on any atom is -0.508 e. The first-order valence-electron chi connectivity index (χ1n) is 12.9. The number of aromatic amines is 2. The van der Waals surface area contributed by atoms with Crippen LogP contribution in [0.5, 0.6) is 5.75 Å². The molecule has 0 saturated carbocycles. The zero-order valence-electron chi connectivity index (χ0n) is 22.3. The number of alkyl halides is 3. The first kappa shape index (κ1) is 30.9. The summed E-state index contributed by atoms with van der Waals surface area (Å²) in [7, 11) is 0. The van der Waals surface area contributed by atoms with Crippen LogP contribution in [-0.4, -0.2) is 49.0 Å². The summed E-state index contributed by atoms with van der Waals surface area (Å²) in [5, 5.41) is 20.9. The molecule has 12 heteroatoms. The number of amides is 1. The SMILES string of the molecule is CC(=O)CCCCC[C@H](NC(=O)Cc1c[nH]c2ccc(O)cc12)c1ncc(-c2ccccc2)[nH]1.O=C(O)C(F)(F)F. The molecule has 0 aliphatic carbocycles. The van der Waals surface area contributed by atoms with Crippen molar-refractivity contribution < 1.29 is 37.8 Å². The van der Waals surface area contributed by atoms with Crippen LogP contribution >= 0.6 is 0 Å². The van der Waals surface area contributed by atoms with Crippen molar-refractivity contribution in [3.05, 3.63) is 72.3 Å². The summed E-state index contributed by atoms with van der Waals surface area (Å²) in [4.78, 5) is 44.2. The number of imidazole rings is 1. The topological polar surface area (TPSA) is 148 Å². The van der Waals surface area contributed by atoms with E-state index in [2.05, 4.69) is 20.3 Å². The number of carboxylic acids is 1. The van der Waals surface area contributed by atoms with Crippen LogP contribution in [-0.2, 0) is 20.8 Å². The third kappa shape index (κ3) is 9.52. The van der Waals surface area contributed by atoms with E-state index in [1.165, 1.54) is 0 Å². The van der Waals surface area contributed by atoms with Gasteiger partial charge in [0, 0.05) is 23.5 Å². The predicted octanol–water partition coefficient (Wildman–Crippen LogP) is 5.84. The zero-order chi connectivity index (χ0) is 30.0. The molecule has 0 bridgehead atoms. The zero-order valence-corrected chi connectivity index (χ0v) is 22.3. The predicted molar refractivity (Wildman–Crippen MR) is 146 cm³/mol. The average Bonchev–Trinajstić information content (AvgIpc) is 3.56. The third-order valence-electron chi connectivity index (χ3n) is 6.21.